The Bertz CT molecular complexity index is 1230. The third kappa shape index (κ3) is 6.12. The Balaban J connectivity index is 0.000000174. The van der Waals surface area contributed by atoms with E-state index in [1.54, 1.807) is 5.30 Å². The fourth-order valence-corrected chi connectivity index (χ4v) is 9.75. The van der Waals surface area contributed by atoms with E-state index in [-0.39, 0.29) is 7.92 Å². The summed E-state index contributed by atoms with van der Waals surface area (Å²) in [5, 5.41) is 6.67. The molecular weight excluding hydrogens is 453 g/mol. The van der Waals surface area contributed by atoms with E-state index in [1.807, 2.05) is 26.2 Å². The van der Waals surface area contributed by atoms with Gasteiger partial charge in [-0.15, -0.1) is 0 Å². The van der Waals surface area contributed by atoms with Gasteiger partial charge in [0.2, 0.25) is 0 Å². The second-order valence-electron chi connectivity index (χ2n) is 10.7. The molecule has 6 rings (SSSR count). The molecule has 4 aromatic carbocycles. The average molecular weight is 494 g/mol. The molecule has 0 bridgehead atoms. The van der Waals surface area contributed by atoms with E-state index in [1.165, 1.54) is 85.8 Å². The summed E-state index contributed by atoms with van der Waals surface area (Å²) in [5.74, 6) is 0. The van der Waals surface area contributed by atoms with Crippen LogP contribution in [0.2, 0.25) is 0 Å². The van der Waals surface area contributed by atoms with Gasteiger partial charge in [-0.1, -0.05) is 113 Å². The molecule has 1 nitrogen and oxygen atoms in total. The Morgan fingerprint density at radius 2 is 1.08 bits per heavy atom. The van der Waals surface area contributed by atoms with Crippen LogP contribution in [0.4, 0.5) is 5.69 Å². The predicted molar refractivity (Wildman–Crippen MR) is 160 cm³/mol. The maximum absolute atomic E-state index is 3.85. The van der Waals surface area contributed by atoms with E-state index < -0.39 is 0 Å². The smallest absolute Gasteiger partial charge is 0.0448 e. The molecule has 0 N–H and O–H groups in total. The Morgan fingerprint density at radius 3 is 1.64 bits per heavy atom. The van der Waals surface area contributed by atoms with Crippen LogP contribution >= 0.6 is 7.92 Å². The van der Waals surface area contributed by atoms with E-state index in [4.69, 9.17) is 0 Å². The molecule has 0 amide bonds. The van der Waals surface area contributed by atoms with Gasteiger partial charge in [-0.25, -0.2) is 0 Å². The van der Waals surface area contributed by atoms with E-state index in [0.29, 0.717) is 0 Å². The van der Waals surface area contributed by atoms with Crippen molar-refractivity contribution in [3.05, 3.63) is 84.9 Å². The topological polar surface area (TPSA) is 3.24 Å². The summed E-state index contributed by atoms with van der Waals surface area (Å²) in [6.45, 7) is 0. The van der Waals surface area contributed by atoms with E-state index in [9.17, 15) is 0 Å². The van der Waals surface area contributed by atoms with Crippen molar-refractivity contribution < 1.29 is 0 Å². The van der Waals surface area contributed by atoms with Crippen molar-refractivity contribution in [2.45, 2.75) is 75.5 Å². The Labute approximate surface area is 219 Å². The molecule has 36 heavy (non-hydrogen) atoms. The molecule has 0 aliphatic heterocycles. The lowest BCUT2D eigenvalue weighted by molar-refractivity contribution is 0.487. The highest BCUT2D eigenvalue weighted by molar-refractivity contribution is 7.67. The molecule has 2 fully saturated rings. The Morgan fingerprint density at radius 1 is 0.583 bits per heavy atom. The van der Waals surface area contributed by atoms with Crippen molar-refractivity contribution in [1.29, 1.82) is 0 Å². The molecule has 0 heterocycles. The number of anilines is 1. The number of hydrogen-bond acceptors (Lipinski definition) is 1. The second kappa shape index (κ2) is 12.2. The lowest BCUT2D eigenvalue weighted by Crippen LogP contribution is -2.26. The van der Waals surface area contributed by atoms with Gasteiger partial charge in [-0.05, 0) is 76.0 Å². The number of hydrogen-bond donors (Lipinski definition) is 0. The molecule has 0 atom stereocenters. The number of fused-ring (bicyclic) bond motifs is 2. The fourth-order valence-electron chi connectivity index (χ4n) is 6.03. The van der Waals surface area contributed by atoms with Crippen LogP contribution < -0.4 is 10.2 Å². The summed E-state index contributed by atoms with van der Waals surface area (Å²) >= 11 is 0. The third-order valence-electron chi connectivity index (χ3n) is 7.98. The largest absolute Gasteiger partial charge is 0.377 e. The van der Waals surface area contributed by atoms with Gasteiger partial charge in [0.25, 0.3) is 0 Å². The van der Waals surface area contributed by atoms with Gasteiger partial charge in [0.15, 0.2) is 0 Å². The van der Waals surface area contributed by atoms with Gasteiger partial charge < -0.3 is 4.90 Å². The highest BCUT2D eigenvalue weighted by Crippen LogP contribution is 2.54. The van der Waals surface area contributed by atoms with Crippen molar-refractivity contribution in [3.63, 3.8) is 0 Å². The van der Waals surface area contributed by atoms with Crippen molar-refractivity contribution in [3.8, 4) is 0 Å². The monoisotopic (exact) mass is 493 g/mol. The Kier molecular flexibility index (Phi) is 8.60. The number of rotatable bonds is 4. The normalized spacial score (nSPS) is 17.2. The zero-order valence-corrected chi connectivity index (χ0v) is 22.9. The molecule has 2 aliphatic carbocycles. The minimum absolute atomic E-state index is 0.0209. The zero-order chi connectivity index (χ0) is 24.7. The van der Waals surface area contributed by atoms with Crippen LogP contribution in [0.5, 0.6) is 0 Å². The van der Waals surface area contributed by atoms with Crippen LogP contribution in [0.1, 0.15) is 64.2 Å². The first-order valence-electron chi connectivity index (χ1n) is 14.0. The van der Waals surface area contributed by atoms with Crippen molar-refractivity contribution in [2.24, 2.45) is 0 Å². The Hall–Kier alpha value is -2.37. The van der Waals surface area contributed by atoms with Crippen molar-refractivity contribution >= 4 is 40.5 Å². The van der Waals surface area contributed by atoms with Crippen LogP contribution in [0, 0.1) is 12.1 Å². The molecule has 186 valence electrons. The van der Waals surface area contributed by atoms with Crippen LogP contribution in [-0.2, 0) is 0 Å². The minimum Gasteiger partial charge on any atom is -0.377 e. The SMILES string of the molecule is CN(C)c1[c]c2ccccc2cc1.[c]1c(P(C2CCCCC2)C2CCCCC2)ccc2ccccc12. The van der Waals surface area contributed by atoms with Crippen LogP contribution in [-0.4, -0.2) is 25.4 Å². The average Bonchev–Trinajstić information content (AvgIpc) is 2.94. The second-order valence-corrected chi connectivity index (χ2v) is 13.5. The van der Waals surface area contributed by atoms with Gasteiger partial charge in [-0.3, -0.25) is 0 Å². The van der Waals surface area contributed by atoms with Crippen LogP contribution in [0.3, 0.4) is 0 Å². The summed E-state index contributed by atoms with van der Waals surface area (Å²) in [7, 11) is 4.04. The first kappa shape index (κ1) is 25.3. The molecule has 2 heteroatoms. The zero-order valence-electron chi connectivity index (χ0n) is 22.0. The summed E-state index contributed by atoms with van der Waals surface area (Å²) in [5.41, 5.74) is 3.07. The maximum atomic E-state index is 3.85. The van der Waals surface area contributed by atoms with Gasteiger partial charge >= 0.3 is 0 Å². The highest BCUT2D eigenvalue weighted by Gasteiger charge is 2.32. The van der Waals surface area contributed by atoms with E-state index in [0.717, 1.165) is 17.0 Å². The predicted octanol–water partition coefficient (Wildman–Crippen LogP) is 9.12. The van der Waals surface area contributed by atoms with Crippen molar-refractivity contribution in [1.82, 2.24) is 0 Å². The number of nitrogens with zero attached hydrogens (tertiary/aromatic N) is 1. The maximum Gasteiger partial charge on any atom is 0.0448 e. The lowest BCUT2D eigenvalue weighted by Gasteiger charge is -2.38. The van der Waals surface area contributed by atoms with Gasteiger partial charge in [0, 0.05) is 25.8 Å². The third-order valence-corrected chi connectivity index (χ3v) is 11.4. The van der Waals surface area contributed by atoms with Crippen LogP contribution in [0.25, 0.3) is 21.5 Å². The minimum atomic E-state index is -0.0209. The molecule has 0 saturated heterocycles. The summed E-state index contributed by atoms with van der Waals surface area (Å²) < 4.78 is 0. The first-order chi connectivity index (χ1) is 17.7. The molecule has 2 saturated carbocycles. The quantitative estimate of drug-likeness (QED) is 0.256. The summed E-state index contributed by atoms with van der Waals surface area (Å²) in [4.78, 5) is 2.06. The fraction of sp³-hybridized carbons (Fsp3) is 0.412. The van der Waals surface area contributed by atoms with Crippen LogP contribution in [0.15, 0.2) is 72.8 Å². The van der Waals surface area contributed by atoms with Gasteiger partial charge in [0.1, 0.15) is 0 Å². The molecule has 0 aromatic heterocycles. The molecular formula is C34H40NP. The van der Waals surface area contributed by atoms with Gasteiger partial charge in [-0.2, -0.15) is 0 Å². The molecule has 0 unspecified atom stereocenters. The molecule has 2 radical (unpaired) electrons. The van der Waals surface area contributed by atoms with E-state index in [2.05, 4.69) is 77.7 Å². The highest BCUT2D eigenvalue weighted by atomic mass is 31.1. The molecule has 4 aromatic rings. The first-order valence-corrected chi connectivity index (χ1v) is 15.4. The van der Waals surface area contributed by atoms with Crippen molar-refractivity contribution in [2.75, 3.05) is 19.0 Å². The molecule has 2 aliphatic rings. The standard InChI is InChI=1S/C22H28P.C12H12N/c1-3-11-20(12-4-1)23(21-13-5-2-6-14-21)22-16-15-18-9-7-8-10-19(18)17-22;1-13(2)12-8-7-10-5-3-4-6-11(10)9-12/h7-10,15-16,20-21H,1-6,11-14H2;3-8H,1-2H3. The van der Waals surface area contributed by atoms with E-state index >= 15 is 0 Å². The number of benzene rings is 4. The summed E-state index contributed by atoms with van der Waals surface area (Å²) in [6.07, 6.45) is 14.7. The van der Waals surface area contributed by atoms with Gasteiger partial charge in [0.05, 0.1) is 0 Å². The lowest BCUT2D eigenvalue weighted by atomic mass is 9.99. The molecule has 0 spiro atoms. The summed E-state index contributed by atoms with van der Waals surface area (Å²) in [6, 6.07) is 33.2.